The van der Waals surface area contributed by atoms with Gasteiger partial charge in [0, 0.05) is 12.6 Å². The number of hydrogen-bond donors (Lipinski definition) is 1. The Morgan fingerprint density at radius 2 is 2.22 bits per heavy atom. The third-order valence-electron chi connectivity index (χ3n) is 4.59. The number of nitrogens with zero attached hydrogens (tertiary/aromatic N) is 1. The summed E-state index contributed by atoms with van der Waals surface area (Å²) >= 11 is 0. The largest absolute Gasteiger partial charge is 0.483 e. The average Bonchev–Trinajstić information content (AvgIpc) is 2.98. The average molecular weight is 318 g/mol. The molecule has 1 aromatic rings. The normalized spacial score (nSPS) is 18.4. The van der Waals surface area contributed by atoms with Gasteiger partial charge < -0.3 is 10.1 Å². The fourth-order valence-corrected chi connectivity index (χ4v) is 3.21. The molecule has 4 nitrogen and oxygen atoms in total. The highest BCUT2D eigenvalue weighted by Gasteiger charge is 2.23. The molecule has 1 saturated heterocycles. The number of nitrogens with one attached hydrogen (secondary N) is 1. The highest BCUT2D eigenvalue weighted by Crippen LogP contribution is 2.27. The minimum atomic E-state index is -0.0378. The van der Waals surface area contributed by atoms with Crippen LogP contribution in [-0.4, -0.2) is 43.1 Å². The van der Waals surface area contributed by atoms with Crippen LogP contribution in [0.15, 0.2) is 18.2 Å². The number of carbonyl (C=O) groups excluding carboxylic acids is 1. The molecule has 1 N–H and O–H groups in total. The van der Waals surface area contributed by atoms with E-state index in [-0.39, 0.29) is 12.5 Å². The minimum absolute atomic E-state index is 0.0378. The molecule has 1 unspecified atom stereocenters. The van der Waals surface area contributed by atoms with Crippen molar-refractivity contribution in [3.05, 3.63) is 29.3 Å². The van der Waals surface area contributed by atoms with E-state index in [0.717, 1.165) is 36.5 Å². The molecule has 128 valence electrons. The van der Waals surface area contributed by atoms with E-state index in [9.17, 15) is 4.79 Å². The van der Waals surface area contributed by atoms with Gasteiger partial charge in [-0.3, -0.25) is 9.69 Å². The molecule has 0 spiro atoms. The van der Waals surface area contributed by atoms with Crippen molar-refractivity contribution < 1.29 is 9.53 Å². The van der Waals surface area contributed by atoms with E-state index in [4.69, 9.17) is 4.74 Å². The number of likely N-dealkylation sites (N-methyl/N-ethyl adjacent to an activating group) is 1. The lowest BCUT2D eigenvalue weighted by molar-refractivity contribution is -0.123. The smallest absolute Gasteiger partial charge is 0.257 e. The summed E-state index contributed by atoms with van der Waals surface area (Å²) in [5.74, 6) is 1.17. The van der Waals surface area contributed by atoms with Gasteiger partial charge in [0.25, 0.3) is 5.91 Å². The van der Waals surface area contributed by atoms with Crippen molar-refractivity contribution in [1.82, 2.24) is 10.2 Å². The first-order chi connectivity index (χ1) is 11.0. The van der Waals surface area contributed by atoms with Gasteiger partial charge in [-0.25, -0.2) is 0 Å². The summed E-state index contributed by atoms with van der Waals surface area (Å²) in [6, 6.07) is 6.67. The summed E-state index contributed by atoms with van der Waals surface area (Å²) in [5, 5.41) is 3.02. The van der Waals surface area contributed by atoms with E-state index in [1.807, 2.05) is 13.0 Å². The van der Waals surface area contributed by atoms with Crippen LogP contribution in [0.3, 0.4) is 0 Å². The molecule has 1 atom stereocenters. The third-order valence-corrected chi connectivity index (χ3v) is 4.59. The summed E-state index contributed by atoms with van der Waals surface area (Å²) in [7, 11) is 0. The predicted octanol–water partition coefficient (Wildman–Crippen LogP) is 3.10. The van der Waals surface area contributed by atoms with Crippen molar-refractivity contribution in [2.75, 3.05) is 26.2 Å². The van der Waals surface area contributed by atoms with Gasteiger partial charge in [-0.05, 0) is 56.0 Å². The van der Waals surface area contributed by atoms with E-state index in [0.29, 0.717) is 12.0 Å². The molecular formula is C19H30N2O2. The molecule has 0 bridgehead atoms. The summed E-state index contributed by atoms with van der Waals surface area (Å²) in [4.78, 5) is 14.5. The maximum absolute atomic E-state index is 12.1. The zero-order valence-corrected chi connectivity index (χ0v) is 14.9. The zero-order chi connectivity index (χ0) is 16.8. The molecule has 0 saturated carbocycles. The molecule has 1 heterocycles. The number of amides is 1. The molecular weight excluding hydrogens is 288 g/mol. The quantitative estimate of drug-likeness (QED) is 0.840. The first kappa shape index (κ1) is 17.8. The van der Waals surface area contributed by atoms with Gasteiger partial charge >= 0.3 is 0 Å². The number of benzene rings is 1. The van der Waals surface area contributed by atoms with Crippen molar-refractivity contribution in [2.45, 2.75) is 52.5 Å². The third kappa shape index (κ3) is 4.96. The fraction of sp³-hybridized carbons (Fsp3) is 0.632. The second kappa shape index (κ2) is 8.34. The van der Waals surface area contributed by atoms with Crippen LogP contribution in [-0.2, 0) is 4.79 Å². The Bertz CT molecular complexity index is 528. The molecule has 4 heteroatoms. The Balaban J connectivity index is 1.84. The summed E-state index contributed by atoms with van der Waals surface area (Å²) < 4.78 is 5.78. The molecule has 2 rings (SSSR count). The maximum atomic E-state index is 12.1. The molecule has 1 aliphatic rings. The van der Waals surface area contributed by atoms with Crippen molar-refractivity contribution in [3.63, 3.8) is 0 Å². The van der Waals surface area contributed by atoms with Crippen molar-refractivity contribution in [1.29, 1.82) is 0 Å². The van der Waals surface area contributed by atoms with Gasteiger partial charge in [0.15, 0.2) is 6.61 Å². The standard InChI is InChI=1S/C19H30N2O2/c1-5-21-10-6-7-16(21)12-20-19(22)13-23-18-11-15(4)8-9-17(18)14(2)3/h8-9,11,14,16H,5-7,10,12-13H2,1-4H3,(H,20,22). The van der Waals surface area contributed by atoms with Crippen molar-refractivity contribution in [3.8, 4) is 5.75 Å². The molecule has 0 aromatic heterocycles. The predicted molar refractivity (Wildman–Crippen MR) is 94.0 cm³/mol. The van der Waals surface area contributed by atoms with Gasteiger partial charge in [-0.2, -0.15) is 0 Å². The second-order valence-corrected chi connectivity index (χ2v) is 6.71. The number of likely N-dealkylation sites (tertiary alicyclic amines) is 1. The Hall–Kier alpha value is -1.55. The highest BCUT2D eigenvalue weighted by atomic mass is 16.5. The van der Waals surface area contributed by atoms with Gasteiger partial charge in [-0.1, -0.05) is 32.9 Å². The Kier molecular flexibility index (Phi) is 6.46. The monoisotopic (exact) mass is 318 g/mol. The van der Waals surface area contributed by atoms with Gasteiger partial charge in [0.05, 0.1) is 0 Å². The number of aryl methyl sites for hydroxylation is 1. The van der Waals surface area contributed by atoms with Gasteiger partial charge in [-0.15, -0.1) is 0 Å². The van der Waals surface area contributed by atoms with Crippen LogP contribution in [0.5, 0.6) is 5.75 Å². The number of carbonyl (C=O) groups is 1. The number of ether oxygens (including phenoxy) is 1. The van der Waals surface area contributed by atoms with E-state index >= 15 is 0 Å². The van der Waals surface area contributed by atoms with E-state index in [1.165, 1.54) is 12.8 Å². The van der Waals surface area contributed by atoms with Crippen LogP contribution in [0.25, 0.3) is 0 Å². The number of hydrogen-bond acceptors (Lipinski definition) is 3. The van der Waals surface area contributed by atoms with Crippen LogP contribution >= 0.6 is 0 Å². The van der Waals surface area contributed by atoms with Crippen molar-refractivity contribution in [2.24, 2.45) is 0 Å². The highest BCUT2D eigenvalue weighted by molar-refractivity contribution is 5.77. The summed E-state index contributed by atoms with van der Waals surface area (Å²) in [6.07, 6.45) is 2.40. The van der Waals surface area contributed by atoms with E-state index in [1.54, 1.807) is 0 Å². The van der Waals surface area contributed by atoms with Crippen LogP contribution < -0.4 is 10.1 Å². The maximum Gasteiger partial charge on any atom is 0.257 e. The summed E-state index contributed by atoms with van der Waals surface area (Å²) in [6.45, 7) is 11.5. The lowest BCUT2D eigenvalue weighted by Crippen LogP contribution is -2.41. The van der Waals surface area contributed by atoms with Crippen LogP contribution in [0.1, 0.15) is 50.7 Å². The first-order valence-corrected chi connectivity index (χ1v) is 8.75. The van der Waals surface area contributed by atoms with Crippen LogP contribution in [0.4, 0.5) is 0 Å². The Labute approximate surface area is 140 Å². The topological polar surface area (TPSA) is 41.6 Å². The molecule has 1 amide bonds. The lowest BCUT2D eigenvalue weighted by atomic mass is 10.0. The molecule has 1 aromatic carbocycles. The Morgan fingerprint density at radius 1 is 1.43 bits per heavy atom. The first-order valence-electron chi connectivity index (χ1n) is 8.75. The minimum Gasteiger partial charge on any atom is -0.483 e. The fourth-order valence-electron chi connectivity index (χ4n) is 3.21. The summed E-state index contributed by atoms with van der Waals surface area (Å²) in [5.41, 5.74) is 2.30. The van der Waals surface area contributed by atoms with Crippen LogP contribution in [0, 0.1) is 6.92 Å². The van der Waals surface area contributed by atoms with Gasteiger partial charge in [0.2, 0.25) is 0 Å². The van der Waals surface area contributed by atoms with E-state index in [2.05, 4.69) is 43.1 Å². The SMILES string of the molecule is CCN1CCCC1CNC(=O)COc1cc(C)ccc1C(C)C. The zero-order valence-electron chi connectivity index (χ0n) is 14.9. The molecule has 23 heavy (non-hydrogen) atoms. The molecule has 1 aliphatic heterocycles. The molecule has 0 radical (unpaired) electrons. The van der Waals surface area contributed by atoms with Gasteiger partial charge in [0.1, 0.15) is 5.75 Å². The van der Waals surface area contributed by atoms with Crippen LogP contribution in [0.2, 0.25) is 0 Å². The molecule has 0 aliphatic carbocycles. The second-order valence-electron chi connectivity index (χ2n) is 6.71. The van der Waals surface area contributed by atoms with Crippen molar-refractivity contribution >= 4 is 5.91 Å². The lowest BCUT2D eigenvalue weighted by Gasteiger charge is -2.23. The number of rotatable bonds is 7. The Morgan fingerprint density at radius 3 is 2.91 bits per heavy atom. The van der Waals surface area contributed by atoms with E-state index < -0.39 is 0 Å². The molecule has 1 fully saturated rings.